The van der Waals surface area contributed by atoms with Gasteiger partial charge in [0.2, 0.25) is 0 Å². The van der Waals surface area contributed by atoms with E-state index in [0.29, 0.717) is 6.04 Å². The maximum atomic E-state index is 5.47. The predicted octanol–water partition coefficient (Wildman–Crippen LogP) is 0.749. The highest BCUT2D eigenvalue weighted by molar-refractivity contribution is 5.80. The van der Waals surface area contributed by atoms with Gasteiger partial charge in [0.1, 0.15) is 12.7 Å². The SMILES string of the molecule is CN=C(NCc1ccc(-n2cncn2)cc1)N1CCC(N2CCOCC2)C1. The molecule has 2 aliphatic rings. The number of nitrogens with one attached hydrogen (secondary N) is 1. The van der Waals surface area contributed by atoms with E-state index in [1.807, 2.05) is 7.05 Å². The lowest BCUT2D eigenvalue weighted by molar-refractivity contribution is 0.0195. The van der Waals surface area contributed by atoms with Crippen LogP contribution in [-0.2, 0) is 11.3 Å². The lowest BCUT2D eigenvalue weighted by Gasteiger charge is -2.32. The second-order valence-corrected chi connectivity index (χ2v) is 6.94. The van der Waals surface area contributed by atoms with Crippen LogP contribution < -0.4 is 5.32 Å². The highest BCUT2D eigenvalue weighted by atomic mass is 16.5. The highest BCUT2D eigenvalue weighted by Gasteiger charge is 2.30. The Hall–Kier alpha value is -2.45. The molecule has 1 aromatic carbocycles. The minimum atomic E-state index is 0.606. The number of aliphatic imine (C=N–C) groups is 1. The molecular weight excluding hydrogens is 342 g/mol. The average molecular weight is 369 g/mol. The van der Waals surface area contributed by atoms with Gasteiger partial charge in [-0.15, -0.1) is 0 Å². The number of likely N-dealkylation sites (tertiary alicyclic amines) is 1. The van der Waals surface area contributed by atoms with Crippen LogP contribution in [0.15, 0.2) is 41.9 Å². The summed E-state index contributed by atoms with van der Waals surface area (Å²) in [5, 5.41) is 7.66. The maximum Gasteiger partial charge on any atom is 0.193 e. The molecule has 2 aliphatic heterocycles. The first kappa shape index (κ1) is 17.9. The molecule has 0 radical (unpaired) electrons. The molecule has 1 aromatic heterocycles. The van der Waals surface area contributed by atoms with Gasteiger partial charge in [0.05, 0.1) is 18.9 Å². The van der Waals surface area contributed by atoms with Crippen LogP contribution in [0.4, 0.5) is 0 Å². The van der Waals surface area contributed by atoms with Gasteiger partial charge in [-0.3, -0.25) is 9.89 Å². The molecule has 3 heterocycles. The van der Waals surface area contributed by atoms with Crippen LogP contribution in [0.3, 0.4) is 0 Å². The molecular formula is C19H27N7O. The van der Waals surface area contributed by atoms with Gasteiger partial charge in [-0.2, -0.15) is 5.10 Å². The lowest BCUT2D eigenvalue weighted by atomic mass is 10.2. The van der Waals surface area contributed by atoms with Crippen molar-refractivity contribution in [3.8, 4) is 5.69 Å². The number of ether oxygens (including phenoxy) is 1. The quantitative estimate of drug-likeness (QED) is 0.634. The Kier molecular flexibility index (Phi) is 5.64. The van der Waals surface area contributed by atoms with Crippen molar-refractivity contribution in [1.82, 2.24) is 29.9 Å². The summed E-state index contributed by atoms with van der Waals surface area (Å²) in [5.41, 5.74) is 2.22. The van der Waals surface area contributed by atoms with E-state index in [0.717, 1.165) is 57.6 Å². The first-order valence-corrected chi connectivity index (χ1v) is 9.55. The van der Waals surface area contributed by atoms with E-state index in [9.17, 15) is 0 Å². The highest BCUT2D eigenvalue weighted by Crippen LogP contribution is 2.17. The maximum absolute atomic E-state index is 5.47. The molecule has 1 atom stereocenters. The van der Waals surface area contributed by atoms with Crippen LogP contribution in [0.5, 0.6) is 0 Å². The zero-order valence-corrected chi connectivity index (χ0v) is 15.8. The number of benzene rings is 1. The second-order valence-electron chi connectivity index (χ2n) is 6.94. The van der Waals surface area contributed by atoms with Crippen molar-refractivity contribution in [3.05, 3.63) is 42.5 Å². The third-order valence-electron chi connectivity index (χ3n) is 5.31. The third-order valence-corrected chi connectivity index (χ3v) is 5.31. The Bertz CT molecular complexity index is 738. The van der Waals surface area contributed by atoms with Crippen molar-refractivity contribution in [2.45, 2.75) is 19.0 Å². The van der Waals surface area contributed by atoms with E-state index in [2.05, 4.69) is 54.5 Å². The first-order valence-electron chi connectivity index (χ1n) is 9.55. The number of hydrogen-bond acceptors (Lipinski definition) is 5. The van der Waals surface area contributed by atoms with E-state index in [1.54, 1.807) is 17.3 Å². The molecule has 2 saturated heterocycles. The van der Waals surface area contributed by atoms with E-state index in [-0.39, 0.29) is 0 Å². The van der Waals surface area contributed by atoms with Gasteiger partial charge < -0.3 is 15.0 Å². The van der Waals surface area contributed by atoms with Crippen molar-refractivity contribution in [2.75, 3.05) is 46.4 Å². The molecule has 1 unspecified atom stereocenters. The van der Waals surface area contributed by atoms with Crippen LogP contribution in [0.2, 0.25) is 0 Å². The van der Waals surface area contributed by atoms with Gasteiger partial charge in [0.25, 0.3) is 0 Å². The molecule has 8 nitrogen and oxygen atoms in total. The standard InChI is InChI=1S/C19H27N7O/c1-20-19(25-7-6-18(13-25)24-8-10-27-11-9-24)22-12-16-2-4-17(5-3-16)26-15-21-14-23-26/h2-5,14-15,18H,6-13H2,1H3,(H,20,22). The summed E-state index contributed by atoms with van der Waals surface area (Å²) >= 11 is 0. The van der Waals surface area contributed by atoms with Crippen LogP contribution in [-0.4, -0.2) is 83.0 Å². The largest absolute Gasteiger partial charge is 0.379 e. The summed E-state index contributed by atoms with van der Waals surface area (Å²) in [4.78, 5) is 13.4. The van der Waals surface area contributed by atoms with Gasteiger partial charge in [-0.25, -0.2) is 9.67 Å². The normalized spacial score (nSPS) is 21.6. The minimum Gasteiger partial charge on any atom is -0.379 e. The average Bonchev–Trinajstić information content (AvgIpc) is 3.42. The summed E-state index contributed by atoms with van der Waals surface area (Å²) in [5.74, 6) is 0.978. The summed E-state index contributed by atoms with van der Waals surface area (Å²) in [6.07, 6.45) is 4.43. The van der Waals surface area contributed by atoms with Gasteiger partial charge in [-0.1, -0.05) is 12.1 Å². The Morgan fingerprint density at radius 1 is 1.22 bits per heavy atom. The number of guanidine groups is 1. The predicted molar refractivity (Wildman–Crippen MR) is 104 cm³/mol. The summed E-state index contributed by atoms with van der Waals surface area (Å²) in [6, 6.07) is 8.93. The molecule has 2 fully saturated rings. The zero-order valence-electron chi connectivity index (χ0n) is 15.8. The van der Waals surface area contributed by atoms with Gasteiger partial charge >= 0.3 is 0 Å². The molecule has 2 aromatic rings. The Labute approximate surface area is 159 Å². The lowest BCUT2D eigenvalue weighted by Crippen LogP contribution is -2.46. The monoisotopic (exact) mass is 369 g/mol. The van der Waals surface area contributed by atoms with Crippen molar-refractivity contribution in [2.24, 2.45) is 4.99 Å². The third kappa shape index (κ3) is 4.28. The smallest absolute Gasteiger partial charge is 0.193 e. The number of aromatic nitrogens is 3. The van der Waals surface area contributed by atoms with Crippen LogP contribution in [0.25, 0.3) is 5.69 Å². The topological polar surface area (TPSA) is 70.8 Å². The van der Waals surface area contributed by atoms with Crippen molar-refractivity contribution in [1.29, 1.82) is 0 Å². The van der Waals surface area contributed by atoms with Crippen molar-refractivity contribution in [3.63, 3.8) is 0 Å². The van der Waals surface area contributed by atoms with E-state index in [1.165, 1.54) is 12.0 Å². The molecule has 0 bridgehead atoms. The van der Waals surface area contributed by atoms with Gasteiger partial charge in [0, 0.05) is 45.8 Å². The van der Waals surface area contributed by atoms with E-state index < -0.39 is 0 Å². The van der Waals surface area contributed by atoms with E-state index >= 15 is 0 Å². The van der Waals surface area contributed by atoms with Crippen LogP contribution >= 0.6 is 0 Å². The van der Waals surface area contributed by atoms with Gasteiger partial charge in [0.15, 0.2) is 5.96 Å². The molecule has 0 spiro atoms. The Balaban J connectivity index is 1.30. The fourth-order valence-electron chi connectivity index (χ4n) is 3.80. The number of morpholine rings is 1. The summed E-state index contributed by atoms with van der Waals surface area (Å²) in [6.45, 7) is 6.63. The summed E-state index contributed by atoms with van der Waals surface area (Å²) < 4.78 is 7.23. The fraction of sp³-hybridized carbons (Fsp3) is 0.526. The number of hydrogen-bond donors (Lipinski definition) is 1. The molecule has 1 N–H and O–H groups in total. The van der Waals surface area contributed by atoms with E-state index in [4.69, 9.17) is 4.74 Å². The second kappa shape index (κ2) is 8.49. The molecule has 0 aliphatic carbocycles. The molecule has 0 saturated carbocycles. The number of rotatable bonds is 4. The van der Waals surface area contributed by atoms with Crippen LogP contribution in [0.1, 0.15) is 12.0 Å². The van der Waals surface area contributed by atoms with Crippen molar-refractivity contribution >= 4 is 5.96 Å². The first-order chi connectivity index (χ1) is 13.3. The van der Waals surface area contributed by atoms with Crippen molar-refractivity contribution < 1.29 is 4.74 Å². The fourth-order valence-corrected chi connectivity index (χ4v) is 3.80. The molecule has 27 heavy (non-hydrogen) atoms. The van der Waals surface area contributed by atoms with Gasteiger partial charge in [-0.05, 0) is 24.1 Å². The molecule has 0 amide bonds. The molecule has 144 valence electrons. The number of nitrogens with zero attached hydrogens (tertiary/aromatic N) is 6. The Morgan fingerprint density at radius 2 is 2.04 bits per heavy atom. The summed E-state index contributed by atoms with van der Waals surface area (Å²) in [7, 11) is 1.86. The zero-order chi connectivity index (χ0) is 18.5. The minimum absolute atomic E-state index is 0.606. The van der Waals surface area contributed by atoms with Crippen LogP contribution in [0, 0.1) is 0 Å². The molecule has 8 heteroatoms. The molecule has 4 rings (SSSR count). The Morgan fingerprint density at radius 3 is 2.74 bits per heavy atom.